The summed E-state index contributed by atoms with van der Waals surface area (Å²) >= 11 is 12.1. The van der Waals surface area contributed by atoms with Crippen LogP contribution < -0.4 is 5.32 Å². The summed E-state index contributed by atoms with van der Waals surface area (Å²) in [5.74, 6) is -0.601. The van der Waals surface area contributed by atoms with Gasteiger partial charge in [0, 0.05) is 10.0 Å². The lowest BCUT2D eigenvalue weighted by molar-refractivity contribution is -0.143. The van der Waals surface area contributed by atoms with Gasteiger partial charge in [-0.15, -0.1) is 0 Å². The highest BCUT2D eigenvalue weighted by Crippen LogP contribution is 2.25. The number of ether oxygens (including phenoxy) is 1. The lowest BCUT2D eigenvalue weighted by atomic mass is 10.0. The van der Waals surface area contributed by atoms with Crippen LogP contribution in [0.25, 0.3) is 0 Å². The lowest BCUT2D eigenvalue weighted by Crippen LogP contribution is -2.32. The van der Waals surface area contributed by atoms with Crippen molar-refractivity contribution in [3.8, 4) is 0 Å². The minimum Gasteiger partial charge on any atom is -0.466 e. The Balaban J connectivity index is 2.11. The third-order valence-corrected chi connectivity index (χ3v) is 4.17. The molecule has 6 heteroatoms. The highest BCUT2D eigenvalue weighted by molar-refractivity contribution is 6.31. The van der Waals surface area contributed by atoms with E-state index in [4.69, 9.17) is 27.9 Å². The molecule has 0 radical (unpaired) electrons. The molecule has 132 valence electrons. The third-order valence-electron chi connectivity index (χ3n) is 3.57. The summed E-state index contributed by atoms with van der Waals surface area (Å²) in [6.07, 6.45) is 0.199. The van der Waals surface area contributed by atoms with Crippen molar-refractivity contribution in [2.24, 2.45) is 0 Å². The van der Waals surface area contributed by atoms with E-state index in [1.54, 1.807) is 49.4 Å². The maximum Gasteiger partial charge on any atom is 0.308 e. The predicted octanol–water partition coefficient (Wildman–Crippen LogP) is 4.35. The Kier molecular flexibility index (Phi) is 7.29. The summed E-state index contributed by atoms with van der Waals surface area (Å²) in [6.45, 7) is 2.02. The highest BCUT2D eigenvalue weighted by atomic mass is 35.5. The molecular weight excluding hydrogens is 361 g/mol. The predicted molar refractivity (Wildman–Crippen MR) is 98.7 cm³/mol. The van der Waals surface area contributed by atoms with Crippen molar-refractivity contribution in [2.45, 2.75) is 25.8 Å². The Hall–Kier alpha value is -2.04. The second-order valence-electron chi connectivity index (χ2n) is 5.45. The molecule has 0 fully saturated rings. The molecule has 25 heavy (non-hydrogen) atoms. The Labute approximate surface area is 157 Å². The number of carbonyl (C=O) groups is 2. The van der Waals surface area contributed by atoms with Gasteiger partial charge in [0.05, 0.1) is 25.5 Å². The van der Waals surface area contributed by atoms with Crippen molar-refractivity contribution >= 4 is 35.1 Å². The summed E-state index contributed by atoms with van der Waals surface area (Å²) in [4.78, 5) is 24.3. The summed E-state index contributed by atoms with van der Waals surface area (Å²) in [5, 5.41) is 3.97. The number of halogens is 2. The van der Waals surface area contributed by atoms with Crippen LogP contribution in [0.15, 0.2) is 48.5 Å². The molecule has 0 aliphatic carbocycles. The van der Waals surface area contributed by atoms with E-state index in [9.17, 15) is 9.59 Å². The van der Waals surface area contributed by atoms with Gasteiger partial charge in [-0.2, -0.15) is 0 Å². The van der Waals surface area contributed by atoms with Crippen LogP contribution in [-0.2, 0) is 20.7 Å². The first-order chi connectivity index (χ1) is 12.0. The third kappa shape index (κ3) is 6.07. The molecule has 0 heterocycles. The number of nitrogens with one attached hydrogen (secondary N) is 1. The van der Waals surface area contributed by atoms with Gasteiger partial charge in [0.1, 0.15) is 0 Å². The molecule has 0 saturated carbocycles. The maximum absolute atomic E-state index is 12.4. The standard InChI is InChI=1S/C19H19Cl2NO3/c1-2-25-19(24)12-17(15-5-3-4-6-16(15)21)22-18(23)11-13-7-9-14(20)10-8-13/h3-10,17H,2,11-12H2,1H3,(H,22,23)/t17-/m1/s1. The molecule has 0 aliphatic rings. The monoisotopic (exact) mass is 379 g/mol. The van der Waals surface area contributed by atoms with Crippen LogP contribution >= 0.6 is 23.2 Å². The van der Waals surface area contributed by atoms with Crippen molar-refractivity contribution in [3.63, 3.8) is 0 Å². The largest absolute Gasteiger partial charge is 0.466 e. The number of hydrogen-bond acceptors (Lipinski definition) is 3. The van der Waals surface area contributed by atoms with E-state index in [1.165, 1.54) is 0 Å². The van der Waals surface area contributed by atoms with Crippen LogP contribution in [0.1, 0.15) is 30.5 Å². The smallest absolute Gasteiger partial charge is 0.308 e. The van der Waals surface area contributed by atoms with E-state index in [-0.39, 0.29) is 31.3 Å². The van der Waals surface area contributed by atoms with E-state index in [0.717, 1.165) is 5.56 Å². The van der Waals surface area contributed by atoms with Crippen molar-refractivity contribution in [3.05, 3.63) is 69.7 Å². The van der Waals surface area contributed by atoms with Crippen molar-refractivity contribution < 1.29 is 14.3 Å². The molecule has 2 aromatic carbocycles. The zero-order chi connectivity index (χ0) is 18.2. The summed E-state index contributed by atoms with van der Waals surface area (Å²) in [7, 11) is 0. The average molecular weight is 380 g/mol. The first kappa shape index (κ1) is 19.3. The molecule has 2 rings (SSSR count). The molecule has 0 aliphatic heterocycles. The van der Waals surface area contributed by atoms with Gasteiger partial charge in [0.15, 0.2) is 0 Å². The van der Waals surface area contributed by atoms with Crippen LogP contribution in [0.3, 0.4) is 0 Å². The molecule has 0 spiro atoms. The van der Waals surface area contributed by atoms with Crippen LogP contribution in [0.2, 0.25) is 10.0 Å². The summed E-state index contributed by atoms with van der Waals surface area (Å²) in [5.41, 5.74) is 1.51. The topological polar surface area (TPSA) is 55.4 Å². The Bertz CT molecular complexity index is 732. The Morgan fingerprint density at radius 1 is 1.08 bits per heavy atom. The van der Waals surface area contributed by atoms with E-state index in [0.29, 0.717) is 15.6 Å². The number of benzene rings is 2. The molecule has 0 unspecified atom stereocenters. The van der Waals surface area contributed by atoms with E-state index in [2.05, 4.69) is 5.32 Å². The SMILES string of the molecule is CCOC(=O)C[C@@H](NC(=O)Cc1ccc(Cl)cc1)c1ccccc1Cl. The molecule has 2 aromatic rings. The molecule has 0 bridgehead atoms. The van der Waals surface area contributed by atoms with E-state index in [1.807, 2.05) is 6.07 Å². The normalized spacial score (nSPS) is 11.6. The average Bonchev–Trinajstić information content (AvgIpc) is 2.57. The van der Waals surface area contributed by atoms with Crippen molar-refractivity contribution in [1.29, 1.82) is 0 Å². The van der Waals surface area contributed by atoms with Crippen molar-refractivity contribution in [1.82, 2.24) is 5.32 Å². The Morgan fingerprint density at radius 3 is 2.40 bits per heavy atom. The highest BCUT2D eigenvalue weighted by Gasteiger charge is 2.21. The van der Waals surface area contributed by atoms with Crippen LogP contribution in [0.4, 0.5) is 0 Å². The number of esters is 1. The van der Waals surface area contributed by atoms with Gasteiger partial charge in [-0.1, -0.05) is 53.5 Å². The molecule has 4 nitrogen and oxygen atoms in total. The van der Waals surface area contributed by atoms with Gasteiger partial charge in [0.2, 0.25) is 5.91 Å². The first-order valence-electron chi connectivity index (χ1n) is 7.93. The molecule has 0 aromatic heterocycles. The van der Waals surface area contributed by atoms with Gasteiger partial charge in [-0.3, -0.25) is 9.59 Å². The fraction of sp³-hybridized carbons (Fsp3) is 0.263. The quantitative estimate of drug-likeness (QED) is 0.727. The van der Waals surface area contributed by atoms with Gasteiger partial charge >= 0.3 is 5.97 Å². The second kappa shape index (κ2) is 9.44. The zero-order valence-electron chi connectivity index (χ0n) is 13.8. The zero-order valence-corrected chi connectivity index (χ0v) is 15.3. The molecule has 1 N–H and O–H groups in total. The molecule has 1 amide bonds. The Morgan fingerprint density at radius 2 is 1.76 bits per heavy atom. The molecular formula is C19H19Cl2NO3. The summed E-state index contributed by atoms with van der Waals surface area (Å²) in [6, 6.07) is 13.6. The van der Waals surface area contributed by atoms with Gasteiger partial charge in [0.25, 0.3) is 0 Å². The summed E-state index contributed by atoms with van der Waals surface area (Å²) < 4.78 is 5.00. The maximum atomic E-state index is 12.4. The minimum atomic E-state index is -0.549. The second-order valence-corrected chi connectivity index (χ2v) is 6.30. The number of rotatable bonds is 7. The minimum absolute atomic E-state index is 0.0178. The first-order valence-corrected chi connectivity index (χ1v) is 8.69. The lowest BCUT2D eigenvalue weighted by Gasteiger charge is -2.19. The number of amides is 1. The van der Waals surface area contributed by atoms with Crippen molar-refractivity contribution in [2.75, 3.05) is 6.61 Å². The van der Waals surface area contributed by atoms with Gasteiger partial charge in [-0.05, 0) is 36.2 Å². The number of carbonyl (C=O) groups excluding carboxylic acids is 2. The fourth-order valence-corrected chi connectivity index (χ4v) is 2.81. The van der Waals surface area contributed by atoms with E-state index < -0.39 is 6.04 Å². The molecule has 0 saturated heterocycles. The van der Waals surface area contributed by atoms with Gasteiger partial charge < -0.3 is 10.1 Å². The van der Waals surface area contributed by atoms with E-state index >= 15 is 0 Å². The van der Waals surface area contributed by atoms with Crippen LogP contribution in [0, 0.1) is 0 Å². The molecule has 1 atom stereocenters. The van der Waals surface area contributed by atoms with Gasteiger partial charge in [-0.25, -0.2) is 0 Å². The van der Waals surface area contributed by atoms with Crippen LogP contribution in [0.5, 0.6) is 0 Å². The van der Waals surface area contributed by atoms with Crippen LogP contribution in [-0.4, -0.2) is 18.5 Å². The number of hydrogen-bond donors (Lipinski definition) is 1. The fourth-order valence-electron chi connectivity index (χ4n) is 2.42.